The summed E-state index contributed by atoms with van der Waals surface area (Å²) in [5.74, 6) is -12.0. The van der Waals surface area contributed by atoms with Crippen molar-refractivity contribution in [2.45, 2.75) is 36.9 Å². The summed E-state index contributed by atoms with van der Waals surface area (Å²) >= 11 is 0. The van der Waals surface area contributed by atoms with E-state index in [4.69, 9.17) is 10.2 Å². The number of rotatable bonds is 10. The Kier molecular flexibility index (Phi) is 25.4. The third kappa shape index (κ3) is 19.2. The zero-order valence-corrected chi connectivity index (χ0v) is 21.7. The molecule has 0 saturated heterocycles. The minimum absolute atomic E-state index is 0. The van der Waals surface area contributed by atoms with Crippen LogP contribution in [-0.2, 0) is 28.8 Å². The van der Waals surface area contributed by atoms with E-state index in [2.05, 4.69) is 0 Å². The van der Waals surface area contributed by atoms with Gasteiger partial charge in [0, 0.05) is 171 Å². The van der Waals surface area contributed by atoms with E-state index in [1.165, 1.54) is 0 Å². The summed E-state index contributed by atoms with van der Waals surface area (Å²) in [6.45, 7) is 0. The SMILES string of the molecule is O=C([O-])CC(O)(CC(=O)[O-])C(=O)[O-].O=C([O-])CC(O)(CC(=O)[O-])C(=O)[O-].[Sm].[Sm].[Sm]. The Bertz CT molecular complexity index is 521. The first kappa shape index (κ1) is 40.1. The number of carbonyl (C=O) groups excluding carboxylic acids is 6. The van der Waals surface area contributed by atoms with Crippen LogP contribution < -0.4 is 30.6 Å². The molecule has 2 N–H and O–H groups in total. The third-order valence-electron chi connectivity index (χ3n) is 2.51. The summed E-state index contributed by atoms with van der Waals surface area (Å²) in [5, 5.41) is 77.9. The average molecular weight is 829 g/mol. The molecule has 0 aromatic heterocycles. The standard InChI is InChI=1S/2C6H8O7.3Sm/c2*7-3(8)1-6(13,5(11)12)2-4(9)10;;;/h2*13H,1-2H2,(H,7,8)(H,9,10)(H,11,12);;;/p-6. The van der Waals surface area contributed by atoms with Gasteiger partial charge in [0.1, 0.15) is 11.2 Å². The van der Waals surface area contributed by atoms with Crippen molar-refractivity contribution in [2.75, 3.05) is 0 Å². The first-order chi connectivity index (χ1) is 11.6. The minimum atomic E-state index is -2.97. The molecule has 0 amide bonds. The fourth-order valence-electron chi connectivity index (χ4n) is 1.37. The van der Waals surface area contributed by atoms with Crippen molar-refractivity contribution in [1.29, 1.82) is 0 Å². The van der Waals surface area contributed by atoms with Crippen LogP contribution >= 0.6 is 0 Å². The molecule has 0 bridgehead atoms. The van der Waals surface area contributed by atoms with Crippen LogP contribution in [0, 0.1) is 121 Å². The molecule has 17 heteroatoms. The molecule has 0 heterocycles. The number of carboxylic acids is 6. The van der Waals surface area contributed by atoms with Crippen LogP contribution in [0.25, 0.3) is 0 Å². The van der Waals surface area contributed by atoms with Crippen molar-refractivity contribution >= 4 is 35.8 Å². The summed E-state index contributed by atoms with van der Waals surface area (Å²) in [6.07, 6.45) is -5.43. The molecule has 166 valence electrons. The van der Waals surface area contributed by atoms with Gasteiger partial charge in [-0.05, 0) is 0 Å². The number of hydrogen-bond acceptors (Lipinski definition) is 14. The van der Waals surface area contributed by atoms with Crippen molar-refractivity contribution in [3.8, 4) is 0 Å². The van der Waals surface area contributed by atoms with E-state index in [-0.39, 0.29) is 121 Å². The van der Waals surface area contributed by atoms with Gasteiger partial charge in [-0.15, -0.1) is 0 Å². The molecule has 0 aliphatic heterocycles. The van der Waals surface area contributed by atoms with E-state index in [0.717, 1.165) is 0 Å². The Balaban J connectivity index is -0.000000120. The van der Waals surface area contributed by atoms with Crippen LogP contribution in [0.4, 0.5) is 0 Å². The van der Waals surface area contributed by atoms with E-state index >= 15 is 0 Å². The molecule has 0 aliphatic rings. The molecule has 0 unspecified atom stereocenters. The third-order valence-corrected chi connectivity index (χ3v) is 2.51. The van der Waals surface area contributed by atoms with Crippen LogP contribution in [0.1, 0.15) is 25.7 Å². The molecule has 29 heavy (non-hydrogen) atoms. The van der Waals surface area contributed by atoms with Gasteiger partial charge in [-0.2, -0.15) is 0 Å². The Morgan fingerprint density at radius 1 is 0.483 bits per heavy atom. The van der Waals surface area contributed by atoms with Gasteiger partial charge < -0.3 is 69.6 Å². The predicted octanol–water partition coefficient (Wildman–Crippen LogP) is -10.5. The smallest absolute Gasteiger partial charge is 0.114 e. The molecule has 0 atom stereocenters. The number of aliphatic carboxylic acids is 6. The van der Waals surface area contributed by atoms with Crippen LogP contribution in [0.5, 0.6) is 0 Å². The molecule has 0 saturated carbocycles. The van der Waals surface area contributed by atoms with Gasteiger partial charge in [0.25, 0.3) is 0 Å². The molecule has 14 nitrogen and oxygen atoms in total. The van der Waals surface area contributed by atoms with Crippen molar-refractivity contribution in [1.82, 2.24) is 0 Å². The van der Waals surface area contributed by atoms with E-state index < -0.39 is 72.7 Å². The minimum Gasteiger partial charge on any atom is -0.550 e. The molecular weight excluding hydrogens is 819 g/mol. The molecule has 0 spiro atoms. The topological polar surface area (TPSA) is 281 Å². The summed E-state index contributed by atoms with van der Waals surface area (Å²) in [4.78, 5) is 60.0. The summed E-state index contributed by atoms with van der Waals surface area (Å²) in [5.41, 5.74) is -5.95. The second kappa shape index (κ2) is 18.3. The zero-order valence-electron chi connectivity index (χ0n) is 13.8. The number of hydrogen-bond donors (Lipinski definition) is 2. The molecule has 0 aliphatic carbocycles. The van der Waals surface area contributed by atoms with Gasteiger partial charge in [-0.1, -0.05) is 0 Å². The Labute approximate surface area is 259 Å². The Morgan fingerprint density at radius 2 is 0.621 bits per heavy atom. The predicted molar refractivity (Wildman–Crippen MR) is 58.4 cm³/mol. The molecule has 0 fully saturated rings. The van der Waals surface area contributed by atoms with E-state index in [9.17, 15) is 59.4 Å². The quantitative estimate of drug-likeness (QED) is 0.207. The number of carboxylic acid groups (broad SMARTS) is 6. The van der Waals surface area contributed by atoms with Crippen molar-refractivity contribution in [2.24, 2.45) is 0 Å². The largest absolute Gasteiger partial charge is 0.550 e. The second-order valence-electron chi connectivity index (χ2n) is 4.83. The van der Waals surface area contributed by atoms with Crippen molar-refractivity contribution < 1.29 is 191 Å². The maximum absolute atomic E-state index is 10.1. The molecule has 0 rings (SSSR count). The summed E-state index contributed by atoms with van der Waals surface area (Å²) in [6, 6.07) is 0. The second-order valence-corrected chi connectivity index (χ2v) is 4.83. The number of carbonyl (C=O) groups is 6. The van der Waals surface area contributed by atoms with Gasteiger partial charge >= 0.3 is 0 Å². The van der Waals surface area contributed by atoms with Crippen LogP contribution in [0.15, 0.2) is 0 Å². The van der Waals surface area contributed by atoms with E-state index in [1.54, 1.807) is 0 Å². The van der Waals surface area contributed by atoms with Gasteiger partial charge in [0.05, 0.1) is 11.9 Å². The fraction of sp³-hybridized carbons (Fsp3) is 0.500. The average Bonchev–Trinajstić information content (AvgIpc) is 2.34. The van der Waals surface area contributed by atoms with Crippen molar-refractivity contribution in [3.05, 3.63) is 0 Å². The van der Waals surface area contributed by atoms with E-state index in [1.807, 2.05) is 0 Å². The van der Waals surface area contributed by atoms with Gasteiger partial charge in [-0.3, -0.25) is 0 Å². The molecule has 0 aromatic rings. The van der Waals surface area contributed by atoms with Gasteiger partial charge in [-0.25, -0.2) is 0 Å². The first-order valence-electron chi connectivity index (χ1n) is 6.23. The first-order valence-corrected chi connectivity index (χ1v) is 6.23. The summed E-state index contributed by atoms with van der Waals surface area (Å²) < 4.78 is 0. The van der Waals surface area contributed by atoms with Crippen molar-refractivity contribution in [3.63, 3.8) is 0 Å². The fourth-order valence-corrected chi connectivity index (χ4v) is 1.37. The molecule has 0 aromatic carbocycles. The normalized spacial score (nSPS) is 9.72. The maximum atomic E-state index is 10.1. The Morgan fingerprint density at radius 3 is 0.690 bits per heavy atom. The zero-order chi connectivity index (χ0) is 21.3. The van der Waals surface area contributed by atoms with Gasteiger partial charge in [0.15, 0.2) is 0 Å². The van der Waals surface area contributed by atoms with Crippen LogP contribution in [0.2, 0.25) is 0 Å². The monoisotopic (exact) mass is 834 g/mol. The van der Waals surface area contributed by atoms with E-state index in [0.29, 0.717) is 0 Å². The molecule has 0 radical (unpaired) electrons. The van der Waals surface area contributed by atoms with Gasteiger partial charge in [0.2, 0.25) is 0 Å². The summed E-state index contributed by atoms with van der Waals surface area (Å²) in [7, 11) is 0. The molecular formula is C12H10O14Sm3-6. The number of aliphatic hydroxyl groups is 2. The van der Waals surface area contributed by atoms with Crippen LogP contribution in [-0.4, -0.2) is 57.2 Å². The maximum Gasteiger partial charge on any atom is 0.114 e. The van der Waals surface area contributed by atoms with Crippen LogP contribution in [0.3, 0.4) is 0 Å². The Hall–Kier alpha value is 0.753.